The van der Waals surface area contributed by atoms with E-state index >= 15 is 0 Å². The Hall–Kier alpha value is -1.59. The van der Waals surface area contributed by atoms with Crippen LogP contribution < -0.4 is 0 Å². The number of aromatic nitrogens is 3. The number of amides is 1. The minimum atomic E-state index is -0.432. The van der Waals surface area contributed by atoms with Gasteiger partial charge < -0.3 is 9.64 Å². The zero-order valence-electron chi connectivity index (χ0n) is 12.1. The van der Waals surface area contributed by atoms with Gasteiger partial charge in [-0.05, 0) is 33.6 Å². The Kier molecular flexibility index (Phi) is 3.78. The quantitative estimate of drug-likeness (QED) is 0.779. The second kappa shape index (κ2) is 5.19. The van der Waals surface area contributed by atoms with Gasteiger partial charge in [0.25, 0.3) is 0 Å². The van der Waals surface area contributed by atoms with Crippen LogP contribution in [0.2, 0.25) is 0 Å². The number of piperidine rings is 1. The molecule has 0 aromatic carbocycles. The summed E-state index contributed by atoms with van der Waals surface area (Å²) >= 11 is 0. The zero-order chi connectivity index (χ0) is 14.0. The van der Waals surface area contributed by atoms with E-state index in [2.05, 4.69) is 10.3 Å². The predicted molar refractivity (Wildman–Crippen MR) is 70.8 cm³/mol. The van der Waals surface area contributed by atoms with E-state index < -0.39 is 5.60 Å². The minimum absolute atomic E-state index is 0.218. The van der Waals surface area contributed by atoms with Crippen LogP contribution in [-0.4, -0.2) is 44.7 Å². The number of likely N-dealkylation sites (tertiary alicyclic amines) is 1. The van der Waals surface area contributed by atoms with Gasteiger partial charge in [0, 0.05) is 32.3 Å². The molecule has 1 aliphatic rings. The molecule has 2 heterocycles. The van der Waals surface area contributed by atoms with Gasteiger partial charge in [-0.15, -0.1) is 5.10 Å². The molecule has 1 aromatic rings. The molecule has 1 saturated heterocycles. The summed E-state index contributed by atoms with van der Waals surface area (Å²) in [5.41, 5.74) is 0.588. The van der Waals surface area contributed by atoms with Gasteiger partial charge in [-0.1, -0.05) is 5.21 Å². The van der Waals surface area contributed by atoms with Crippen molar-refractivity contribution < 1.29 is 9.53 Å². The summed E-state index contributed by atoms with van der Waals surface area (Å²) in [6.45, 7) is 7.10. The Morgan fingerprint density at radius 1 is 1.37 bits per heavy atom. The van der Waals surface area contributed by atoms with Crippen LogP contribution >= 0.6 is 0 Å². The Morgan fingerprint density at radius 3 is 2.47 bits per heavy atom. The summed E-state index contributed by atoms with van der Waals surface area (Å²) in [4.78, 5) is 13.7. The normalized spacial score (nSPS) is 17.6. The Bertz CT molecular complexity index is 442. The maximum atomic E-state index is 11.9. The summed E-state index contributed by atoms with van der Waals surface area (Å²) < 4.78 is 7.09. The molecule has 19 heavy (non-hydrogen) atoms. The van der Waals surface area contributed by atoms with E-state index in [9.17, 15) is 4.79 Å². The second-order valence-corrected chi connectivity index (χ2v) is 6.06. The molecule has 1 amide bonds. The van der Waals surface area contributed by atoms with Crippen LogP contribution in [0.3, 0.4) is 0 Å². The van der Waals surface area contributed by atoms with Crippen molar-refractivity contribution in [1.29, 1.82) is 0 Å². The number of carbonyl (C=O) groups excluding carboxylic acids is 1. The minimum Gasteiger partial charge on any atom is -0.444 e. The fourth-order valence-electron chi connectivity index (χ4n) is 2.24. The zero-order valence-corrected chi connectivity index (χ0v) is 12.1. The maximum absolute atomic E-state index is 11.9. The molecule has 0 atom stereocenters. The molecule has 0 unspecified atom stereocenters. The lowest BCUT2D eigenvalue weighted by Gasteiger charge is -2.32. The highest BCUT2D eigenvalue weighted by atomic mass is 16.6. The van der Waals surface area contributed by atoms with Gasteiger partial charge in [0.15, 0.2) is 0 Å². The van der Waals surface area contributed by atoms with Crippen LogP contribution in [0.25, 0.3) is 0 Å². The lowest BCUT2D eigenvalue weighted by molar-refractivity contribution is 0.0204. The highest BCUT2D eigenvalue weighted by Crippen LogP contribution is 2.26. The average molecular weight is 266 g/mol. The Balaban J connectivity index is 1.87. The highest BCUT2D eigenvalue weighted by molar-refractivity contribution is 5.68. The van der Waals surface area contributed by atoms with Crippen LogP contribution in [0, 0.1) is 0 Å². The number of nitrogens with zero attached hydrogens (tertiary/aromatic N) is 4. The van der Waals surface area contributed by atoms with E-state index in [-0.39, 0.29) is 6.09 Å². The van der Waals surface area contributed by atoms with E-state index in [0.29, 0.717) is 5.92 Å². The molecule has 6 heteroatoms. The first-order valence-electron chi connectivity index (χ1n) is 6.69. The van der Waals surface area contributed by atoms with Crippen molar-refractivity contribution in [1.82, 2.24) is 19.9 Å². The third kappa shape index (κ3) is 3.68. The lowest BCUT2D eigenvalue weighted by Crippen LogP contribution is -2.41. The molecule has 1 aromatic heterocycles. The third-order valence-electron chi connectivity index (χ3n) is 3.19. The molecule has 0 N–H and O–H groups in total. The van der Waals surface area contributed by atoms with Crippen LogP contribution in [0.15, 0.2) is 6.20 Å². The topological polar surface area (TPSA) is 60.2 Å². The van der Waals surface area contributed by atoms with Crippen molar-refractivity contribution in [3.8, 4) is 0 Å². The fourth-order valence-corrected chi connectivity index (χ4v) is 2.24. The van der Waals surface area contributed by atoms with Crippen molar-refractivity contribution in [3.05, 3.63) is 11.9 Å². The van der Waals surface area contributed by atoms with E-state index in [1.165, 1.54) is 0 Å². The van der Waals surface area contributed by atoms with E-state index in [1.807, 2.05) is 34.0 Å². The van der Waals surface area contributed by atoms with Gasteiger partial charge >= 0.3 is 6.09 Å². The molecule has 0 radical (unpaired) electrons. The number of rotatable bonds is 1. The molecule has 6 nitrogen and oxygen atoms in total. The summed E-state index contributed by atoms with van der Waals surface area (Å²) in [5, 5.41) is 8.10. The molecule has 1 aliphatic heterocycles. The number of hydrogen-bond donors (Lipinski definition) is 0. The predicted octanol–water partition coefficient (Wildman–Crippen LogP) is 1.93. The van der Waals surface area contributed by atoms with Crippen LogP contribution in [0.1, 0.15) is 45.2 Å². The standard InChI is InChI=1S/C13H22N4O2/c1-13(2,3)19-12(18)17-7-5-10(6-8-17)11-9-16(4)15-14-11/h9-10H,5-8H2,1-4H3. The Morgan fingerprint density at radius 2 is 2.00 bits per heavy atom. The molecule has 0 saturated carbocycles. The van der Waals surface area contributed by atoms with E-state index in [4.69, 9.17) is 4.74 Å². The number of carbonyl (C=O) groups is 1. The van der Waals surface area contributed by atoms with Gasteiger partial charge in [-0.25, -0.2) is 4.79 Å². The maximum Gasteiger partial charge on any atom is 0.410 e. The number of aryl methyl sites for hydroxylation is 1. The molecule has 0 aliphatic carbocycles. The SMILES string of the molecule is Cn1cc(C2CCN(C(=O)OC(C)(C)C)CC2)nn1. The van der Waals surface area contributed by atoms with Gasteiger partial charge in [-0.3, -0.25) is 4.68 Å². The molecular formula is C13H22N4O2. The molecule has 2 rings (SSSR count). The van der Waals surface area contributed by atoms with Gasteiger partial charge in [-0.2, -0.15) is 0 Å². The van der Waals surface area contributed by atoms with E-state index in [0.717, 1.165) is 31.6 Å². The van der Waals surface area contributed by atoms with Crippen LogP contribution in [0.4, 0.5) is 4.79 Å². The monoisotopic (exact) mass is 266 g/mol. The van der Waals surface area contributed by atoms with Crippen molar-refractivity contribution in [2.45, 2.75) is 45.1 Å². The summed E-state index contributed by atoms with van der Waals surface area (Å²) in [7, 11) is 1.87. The van der Waals surface area contributed by atoms with Crippen molar-refractivity contribution in [3.63, 3.8) is 0 Å². The smallest absolute Gasteiger partial charge is 0.410 e. The highest BCUT2D eigenvalue weighted by Gasteiger charge is 2.28. The second-order valence-electron chi connectivity index (χ2n) is 6.06. The summed E-state index contributed by atoms with van der Waals surface area (Å²) in [5.74, 6) is 0.396. The molecular weight excluding hydrogens is 244 g/mol. The summed E-state index contributed by atoms with van der Waals surface area (Å²) in [6.07, 6.45) is 3.56. The first-order chi connectivity index (χ1) is 8.85. The Labute approximate surface area is 113 Å². The molecule has 0 bridgehead atoms. The first kappa shape index (κ1) is 13.8. The fraction of sp³-hybridized carbons (Fsp3) is 0.769. The molecule has 1 fully saturated rings. The number of ether oxygens (including phenoxy) is 1. The van der Waals surface area contributed by atoms with Crippen LogP contribution in [-0.2, 0) is 11.8 Å². The third-order valence-corrected chi connectivity index (χ3v) is 3.19. The van der Waals surface area contributed by atoms with Gasteiger partial charge in [0.05, 0.1) is 5.69 Å². The van der Waals surface area contributed by atoms with Crippen LogP contribution in [0.5, 0.6) is 0 Å². The molecule has 106 valence electrons. The average Bonchev–Trinajstić information content (AvgIpc) is 2.74. The molecule has 0 spiro atoms. The number of hydrogen-bond acceptors (Lipinski definition) is 4. The van der Waals surface area contributed by atoms with Gasteiger partial charge in [0.1, 0.15) is 5.60 Å². The first-order valence-corrected chi connectivity index (χ1v) is 6.69. The van der Waals surface area contributed by atoms with Crippen molar-refractivity contribution in [2.24, 2.45) is 7.05 Å². The lowest BCUT2D eigenvalue weighted by atomic mass is 9.94. The van der Waals surface area contributed by atoms with Crippen molar-refractivity contribution in [2.75, 3.05) is 13.1 Å². The van der Waals surface area contributed by atoms with Gasteiger partial charge in [0.2, 0.25) is 0 Å². The van der Waals surface area contributed by atoms with E-state index in [1.54, 1.807) is 9.58 Å². The van der Waals surface area contributed by atoms with Crippen molar-refractivity contribution >= 4 is 6.09 Å². The summed E-state index contributed by atoms with van der Waals surface area (Å²) in [6, 6.07) is 0. The largest absolute Gasteiger partial charge is 0.444 e.